The third-order valence-corrected chi connectivity index (χ3v) is 6.45. The molecule has 2 aliphatic rings. The zero-order chi connectivity index (χ0) is 20.0. The molecule has 29 heavy (non-hydrogen) atoms. The SMILES string of the molecule is Cc1cc2c(c(-c3nc4ccccc4s3)c1)OC(CNC(=O)[C@@H]1CCC(=O)N1)C2. The molecule has 0 aliphatic carbocycles. The van der Waals surface area contributed by atoms with E-state index >= 15 is 0 Å². The van der Waals surface area contributed by atoms with Gasteiger partial charge in [0.25, 0.3) is 0 Å². The molecule has 1 aromatic heterocycles. The summed E-state index contributed by atoms with van der Waals surface area (Å²) in [6, 6.07) is 11.9. The lowest BCUT2D eigenvalue weighted by molar-refractivity contribution is -0.126. The number of aryl methyl sites for hydroxylation is 1. The molecule has 7 heteroatoms. The van der Waals surface area contributed by atoms with E-state index in [0.29, 0.717) is 19.4 Å². The van der Waals surface area contributed by atoms with Crippen LogP contribution in [-0.2, 0) is 16.0 Å². The highest BCUT2D eigenvalue weighted by molar-refractivity contribution is 7.21. The molecular weight excluding hydrogens is 386 g/mol. The van der Waals surface area contributed by atoms with Gasteiger partial charge in [0, 0.05) is 12.8 Å². The average Bonchev–Trinajstić information content (AvgIpc) is 3.42. The number of aromatic nitrogens is 1. The van der Waals surface area contributed by atoms with Gasteiger partial charge >= 0.3 is 0 Å². The molecule has 0 saturated carbocycles. The van der Waals surface area contributed by atoms with Crippen molar-refractivity contribution in [1.29, 1.82) is 0 Å². The monoisotopic (exact) mass is 407 g/mol. The van der Waals surface area contributed by atoms with Gasteiger partial charge in [-0.15, -0.1) is 11.3 Å². The molecule has 1 unspecified atom stereocenters. The molecule has 2 atom stereocenters. The van der Waals surface area contributed by atoms with E-state index in [2.05, 4.69) is 35.8 Å². The first kappa shape index (κ1) is 18.1. The summed E-state index contributed by atoms with van der Waals surface area (Å²) in [4.78, 5) is 28.4. The van der Waals surface area contributed by atoms with E-state index < -0.39 is 6.04 Å². The van der Waals surface area contributed by atoms with Crippen LogP contribution in [0, 0.1) is 6.92 Å². The molecule has 2 amide bonds. The number of benzene rings is 2. The largest absolute Gasteiger partial charge is 0.487 e. The Morgan fingerprint density at radius 1 is 1.34 bits per heavy atom. The summed E-state index contributed by atoms with van der Waals surface area (Å²) >= 11 is 1.66. The molecule has 0 spiro atoms. The van der Waals surface area contributed by atoms with Crippen LogP contribution in [0.25, 0.3) is 20.8 Å². The maximum absolute atomic E-state index is 12.3. The lowest BCUT2D eigenvalue weighted by Gasteiger charge is -2.15. The van der Waals surface area contributed by atoms with Gasteiger partial charge in [0.1, 0.15) is 22.9 Å². The summed E-state index contributed by atoms with van der Waals surface area (Å²) in [5.74, 6) is 0.659. The zero-order valence-corrected chi connectivity index (χ0v) is 16.8. The van der Waals surface area contributed by atoms with Crippen LogP contribution in [0.15, 0.2) is 36.4 Å². The van der Waals surface area contributed by atoms with Crippen LogP contribution in [-0.4, -0.2) is 35.5 Å². The summed E-state index contributed by atoms with van der Waals surface area (Å²) in [5.41, 5.74) is 4.31. The molecule has 5 rings (SSSR count). The van der Waals surface area contributed by atoms with Gasteiger partial charge in [-0.05, 0) is 42.7 Å². The molecule has 3 aromatic rings. The van der Waals surface area contributed by atoms with E-state index in [1.54, 1.807) is 11.3 Å². The van der Waals surface area contributed by atoms with Crippen LogP contribution in [0.5, 0.6) is 5.75 Å². The van der Waals surface area contributed by atoms with Gasteiger partial charge < -0.3 is 15.4 Å². The minimum absolute atomic E-state index is 0.0642. The molecule has 2 N–H and O–H groups in total. The van der Waals surface area contributed by atoms with Gasteiger partial charge in [0.2, 0.25) is 11.8 Å². The first-order chi connectivity index (χ1) is 14.1. The van der Waals surface area contributed by atoms with E-state index in [0.717, 1.165) is 38.5 Å². The summed E-state index contributed by atoms with van der Waals surface area (Å²) in [6.45, 7) is 2.49. The number of rotatable bonds is 4. The topological polar surface area (TPSA) is 80.3 Å². The molecule has 0 radical (unpaired) electrons. The number of carbonyl (C=O) groups excluding carboxylic acids is 2. The third-order valence-electron chi connectivity index (χ3n) is 5.38. The first-order valence-corrected chi connectivity index (χ1v) is 10.6. The number of hydrogen-bond acceptors (Lipinski definition) is 5. The van der Waals surface area contributed by atoms with Crippen LogP contribution in [0.2, 0.25) is 0 Å². The molecule has 2 aliphatic heterocycles. The van der Waals surface area contributed by atoms with Gasteiger partial charge in [0.05, 0.1) is 22.3 Å². The molecule has 2 aromatic carbocycles. The smallest absolute Gasteiger partial charge is 0.242 e. The number of fused-ring (bicyclic) bond motifs is 2. The minimum Gasteiger partial charge on any atom is -0.487 e. The third kappa shape index (κ3) is 3.46. The van der Waals surface area contributed by atoms with Crippen molar-refractivity contribution in [3.63, 3.8) is 0 Å². The van der Waals surface area contributed by atoms with Crippen molar-refractivity contribution in [3.8, 4) is 16.3 Å². The highest BCUT2D eigenvalue weighted by Crippen LogP contribution is 2.42. The number of ether oxygens (including phenoxy) is 1. The van der Waals surface area contributed by atoms with Crippen molar-refractivity contribution in [3.05, 3.63) is 47.5 Å². The number of hydrogen-bond donors (Lipinski definition) is 2. The van der Waals surface area contributed by atoms with E-state index in [-0.39, 0.29) is 17.9 Å². The molecular formula is C22H21N3O3S. The number of thiazole rings is 1. The predicted octanol–water partition coefficient (Wildman–Crippen LogP) is 2.97. The Hall–Kier alpha value is -2.93. The van der Waals surface area contributed by atoms with Gasteiger partial charge in [-0.25, -0.2) is 4.98 Å². The van der Waals surface area contributed by atoms with Crippen LogP contribution < -0.4 is 15.4 Å². The lowest BCUT2D eigenvalue weighted by atomic mass is 10.0. The van der Waals surface area contributed by atoms with Crippen molar-refractivity contribution < 1.29 is 14.3 Å². The summed E-state index contributed by atoms with van der Waals surface area (Å²) in [7, 11) is 0. The number of carbonyl (C=O) groups is 2. The van der Waals surface area contributed by atoms with Crippen molar-refractivity contribution in [2.24, 2.45) is 0 Å². The zero-order valence-electron chi connectivity index (χ0n) is 16.0. The summed E-state index contributed by atoms with van der Waals surface area (Å²) in [5, 5.41) is 6.57. The van der Waals surface area contributed by atoms with E-state index in [9.17, 15) is 9.59 Å². The molecule has 148 valence electrons. The summed E-state index contributed by atoms with van der Waals surface area (Å²) in [6.07, 6.45) is 1.58. The number of nitrogens with one attached hydrogen (secondary N) is 2. The second kappa shape index (κ2) is 7.15. The quantitative estimate of drug-likeness (QED) is 0.697. The van der Waals surface area contributed by atoms with Crippen molar-refractivity contribution >= 4 is 33.4 Å². The number of nitrogens with zero attached hydrogens (tertiary/aromatic N) is 1. The van der Waals surface area contributed by atoms with Crippen LogP contribution in [0.1, 0.15) is 24.0 Å². The second-order valence-corrected chi connectivity index (χ2v) is 8.67. The summed E-state index contributed by atoms with van der Waals surface area (Å²) < 4.78 is 7.39. The predicted molar refractivity (Wildman–Crippen MR) is 112 cm³/mol. The van der Waals surface area contributed by atoms with Crippen LogP contribution in [0.3, 0.4) is 0 Å². The van der Waals surface area contributed by atoms with E-state index in [1.807, 2.05) is 18.2 Å². The minimum atomic E-state index is -0.424. The standard InChI is InChI=1S/C22H21N3O3S/c1-12-8-13-10-14(11-23-21(27)17-6-7-19(26)24-17)28-20(13)15(9-12)22-25-16-4-2-3-5-18(16)29-22/h2-5,8-9,14,17H,6-7,10-11H2,1H3,(H,23,27)(H,24,26)/t14?,17-/m0/s1. The molecule has 3 heterocycles. The van der Waals surface area contributed by atoms with Crippen molar-refractivity contribution in [2.45, 2.75) is 38.3 Å². The van der Waals surface area contributed by atoms with Gasteiger partial charge in [-0.1, -0.05) is 18.2 Å². The van der Waals surface area contributed by atoms with Crippen molar-refractivity contribution in [2.75, 3.05) is 6.54 Å². The Morgan fingerprint density at radius 3 is 3.00 bits per heavy atom. The maximum atomic E-state index is 12.3. The van der Waals surface area contributed by atoms with Crippen LogP contribution >= 0.6 is 11.3 Å². The average molecular weight is 407 g/mol. The van der Waals surface area contributed by atoms with E-state index in [1.165, 1.54) is 5.56 Å². The molecule has 1 fully saturated rings. The maximum Gasteiger partial charge on any atom is 0.242 e. The Balaban J connectivity index is 1.34. The van der Waals surface area contributed by atoms with Gasteiger partial charge in [0.15, 0.2) is 0 Å². The number of para-hydroxylation sites is 1. The Kier molecular flexibility index (Phi) is 4.47. The van der Waals surface area contributed by atoms with Gasteiger partial charge in [-0.2, -0.15) is 0 Å². The normalized spacial score (nSPS) is 20.4. The second-order valence-electron chi connectivity index (χ2n) is 7.64. The fourth-order valence-corrected chi connectivity index (χ4v) is 4.98. The molecule has 0 bridgehead atoms. The Bertz CT molecular complexity index is 1090. The fraction of sp³-hybridized carbons (Fsp3) is 0.318. The Labute approximate surface area is 172 Å². The highest BCUT2D eigenvalue weighted by Gasteiger charge is 2.30. The van der Waals surface area contributed by atoms with Crippen LogP contribution in [0.4, 0.5) is 0 Å². The fourth-order valence-electron chi connectivity index (χ4n) is 4.00. The molecule has 6 nitrogen and oxygen atoms in total. The Morgan fingerprint density at radius 2 is 2.21 bits per heavy atom. The van der Waals surface area contributed by atoms with Crippen molar-refractivity contribution in [1.82, 2.24) is 15.6 Å². The first-order valence-electron chi connectivity index (χ1n) is 9.80. The number of amides is 2. The highest BCUT2D eigenvalue weighted by atomic mass is 32.1. The van der Waals surface area contributed by atoms with E-state index in [4.69, 9.17) is 9.72 Å². The molecule has 1 saturated heterocycles. The lowest BCUT2D eigenvalue weighted by Crippen LogP contribution is -2.44. The van der Waals surface area contributed by atoms with Gasteiger partial charge in [-0.3, -0.25) is 9.59 Å².